The zero-order valence-corrected chi connectivity index (χ0v) is 18.7. The van der Waals surface area contributed by atoms with Crippen LogP contribution in [-0.4, -0.2) is 46.9 Å². The van der Waals surface area contributed by atoms with Gasteiger partial charge in [0.2, 0.25) is 6.04 Å². The molecular formula is C23H18F3N3O5S. The highest BCUT2D eigenvalue weighted by Gasteiger charge is 2.46. The summed E-state index contributed by atoms with van der Waals surface area (Å²) in [7, 11) is 0. The molecule has 0 bridgehead atoms. The summed E-state index contributed by atoms with van der Waals surface area (Å²) in [5.41, 5.74) is 3.68. The van der Waals surface area contributed by atoms with Gasteiger partial charge in [0.1, 0.15) is 16.5 Å². The van der Waals surface area contributed by atoms with Gasteiger partial charge in [-0.15, -0.1) is 11.3 Å². The minimum atomic E-state index is -5.09. The van der Waals surface area contributed by atoms with Gasteiger partial charge >= 0.3 is 18.2 Å². The van der Waals surface area contributed by atoms with Crippen LogP contribution < -0.4 is 10.6 Å². The van der Waals surface area contributed by atoms with Crippen LogP contribution in [0.3, 0.4) is 0 Å². The number of carbonyl (C=O) groups is 3. The number of alkyl carbamates (subject to hydrolysis) is 1. The van der Waals surface area contributed by atoms with Crippen LogP contribution in [0.5, 0.6) is 0 Å². The smallest absolute Gasteiger partial charge is 0.417 e. The first kappa shape index (κ1) is 24.2. The molecule has 0 saturated carbocycles. The topological polar surface area (TPSA) is 118 Å². The lowest BCUT2D eigenvalue weighted by Gasteiger charge is -2.21. The number of alkyl halides is 3. The molecule has 1 heterocycles. The fourth-order valence-electron chi connectivity index (χ4n) is 3.81. The Kier molecular flexibility index (Phi) is 6.74. The molecule has 2 amide bonds. The lowest BCUT2D eigenvalue weighted by molar-refractivity contribution is -0.167. The molecule has 1 aliphatic carbocycles. The lowest BCUT2D eigenvalue weighted by Crippen LogP contribution is -2.55. The summed E-state index contributed by atoms with van der Waals surface area (Å²) in [6.07, 6.45) is -5.46. The van der Waals surface area contributed by atoms with E-state index in [2.05, 4.69) is 4.98 Å². The lowest BCUT2D eigenvalue weighted by atomic mass is 9.98. The zero-order valence-electron chi connectivity index (χ0n) is 17.8. The van der Waals surface area contributed by atoms with Crippen molar-refractivity contribution in [2.45, 2.75) is 24.7 Å². The third kappa shape index (κ3) is 5.27. The van der Waals surface area contributed by atoms with E-state index in [0.29, 0.717) is 11.3 Å². The van der Waals surface area contributed by atoms with Crippen LogP contribution in [0.2, 0.25) is 0 Å². The number of amides is 2. The number of halogens is 3. The van der Waals surface area contributed by atoms with Crippen LogP contribution in [0.1, 0.15) is 31.7 Å². The van der Waals surface area contributed by atoms with E-state index in [1.54, 1.807) is 5.32 Å². The molecule has 1 atom stereocenters. The number of aromatic nitrogens is 1. The maximum Gasteiger partial charge on any atom is 0.417 e. The highest BCUT2D eigenvalue weighted by molar-refractivity contribution is 7.13. The number of carboxylic acids is 1. The largest absolute Gasteiger partial charge is 0.477 e. The van der Waals surface area contributed by atoms with Crippen molar-refractivity contribution in [1.29, 1.82) is 0 Å². The number of benzene rings is 2. The van der Waals surface area contributed by atoms with Crippen LogP contribution in [-0.2, 0) is 16.1 Å². The summed E-state index contributed by atoms with van der Waals surface area (Å²) in [5.74, 6) is -3.14. The van der Waals surface area contributed by atoms with Gasteiger partial charge < -0.3 is 20.5 Å². The Hall–Kier alpha value is -3.93. The minimum absolute atomic E-state index is 0.0952. The highest BCUT2D eigenvalue weighted by atomic mass is 32.1. The molecule has 0 fully saturated rings. The molecule has 4 rings (SSSR count). The maximum absolute atomic E-state index is 13.5. The molecule has 1 unspecified atom stereocenters. The van der Waals surface area contributed by atoms with Crippen molar-refractivity contribution in [2.24, 2.45) is 0 Å². The second kappa shape index (κ2) is 9.74. The average Bonchev–Trinajstić information content (AvgIpc) is 3.42. The van der Waals surface area contributed by atoms with Crippen molar-refractivity contribution in [3.8, 4) is 11.1 Å². The number of thiazole rings is 1. The van der Waals surface area contributed by atoms with Crippen molar-refractivity contribution in [3.63, 3.8) is 0 Å². The van der Waals surface area contributed by atoms with E-state index in [-0.39, 0.29) is 22.4 Å². The third-order valence-electron chi connectivity index (χ3n) is 5.37. The van der Waals surface area contributed by atoms with Gasteiger partial charge in [-0.3, -0.25) is 4.79 Å². The Morgan fingerprint density at radius 3 is 2.20 bits per heavy atom. The number of nitrogens with one attached hydrogen (secondary N) is 2. The Labute approximate surface area is 200 Å². The van der Waals surface area contributed by atoms with Gasteiger partial charge in [0.25, 0.3) is 5.91 Å². The van der Waals surface area contributed by atoms with Gasteiger partial charge in [-0.2, -0.15) is 13.2 Å². The standard InChI is InChI=1S/C23H18F3N3O5S/c24-23(25,26)19(20(30)28-10-18-27-9-17(35-18)21(31)32)29-22(33)34-11-16-14-7-3-1-5-12(14)13-6-2-4-8-15(13)16/h1-9,16,19H,10-11H2,(H,28,30)(H,29,33)(H,31,32). The molecule has 3 aromatic rings. The minimum Gasteiger partial charge on any atom is -0.477 e. The molecule has 0 radical (unpaired) electrons. The summed E-state index contributed by atoms with van der Waals surface area (Å²) < 4.78 is 45.5. The van der Waals surface area contributed by atoms with Crippen molar-refractivity contribution < 1.29 is 37.4 Å². The summed E-state index contributed by atoms with van der Waals surface area (Å²) in [6, 6.07) is 12.1. The van der Waals surface area contributed by atoms with Gasteiger partial charge in [-0.1, -0.05) is 48.5 Å². The summed E-state index contributed by atoms with van der Waals surface area (Å²) in [4.78, 5) is 38.9. The number of nitrogens with zero attached hydrogens (tertiary/aromatic N) is 1. The molecule has 0 spiro atoms. The number of ether oxygens (including phenoxy) is 1. The van der Waals surface area contributed by atoms with Crippen molar-refractivity contribution in [1.82, 2.24) is 15.6 Å². The number of hydrogen-bond acceptors (Lipinski definition) is 6. The fraction of sp³-hybridized carbons (Fsp3) is 0.217. The van der Waals surface area contributed by atoms with Crippen molar-refractivity contribution in [2.75, 3.05) is 6.61 Å². The third-order valence-corrected chi connectivity index (χ3v) is 6.36. The van der Waals surface area contributed by atoms with E-state index in [1.165, 1.54) is 0 Å². The molecule has 2 aromatic carbocycles. The van der Waals surface area contributed by atoms with E-state index < -0.39 is 36.7 Å². The van der Waals surface area contributed by atoms with Gasteiger partial charge in [-0.05, 0) is 22.3 Å². The Balaban J connectivity index is 1.39. The van der Waals surface area contributed by atoms with E-state index in [9.17, 15) is 27.6 Å². The zero-order chi connectivity index (χ0) is 25.2. The Morgan fingerprint density at radius 1 is 1.06 bits per heavy atom. The van der Waals surface area contributed by atoms with Crippen LogP contribution in [0, 0.1) is 0 Å². The van der Waals surface area contributed by atoms with Crippen molar-refractivity contribution >= 4 is 29.3 Å². The van der Waals surface area contributed by atoms with Crippen molar-refractivity contribution in [3.05, 3.63) is 75.7 Å². The summed E-state index contributed by atoms with van der Waals surface area (Å²) in [5, 5.41) is 12.6. The number of carboxylic acid groups (broad SMARTS) is 1. The normalized spacial score (nSPS) is 13.5. The first-order valence-electron chi connectivity index (χ1n) is 10.3. The number of hydrogen-bond donors (Lipinski definition) is 3. The van der Waals surface area contributed by atoms with Crippen LogP contribution in [0.4, 0.5) is 18.0 Å². The maximum atomic E-state index is 13.5. The molecule has 1 aliphatic rings. The van der Waals surface area contributed by atoms with Crippen LogP contribution >= 0.6 is 11.3 Å². The monoisotopic (exact) mass is 505 g/mol. The quantitative estimate of drug-likeness (QED) is 0.448. The Bertz CT molecular complexity index is 1230. The van der Waals surface area contributed by atoms with E-state index in [0.717, 1.165) is 28.5 Å². The SMILES string of the molecule is O=C(NC(C(=O)NCc1ncc(C(=O)O)s1)C(F)(F)F)OCC1c2ccccc2-c2ccccc21. The molecule has 8 nitrogen and oxygen atoms in total. The van der Waals surface area contributed by atoms with Gasteiger partial charge in [0.15, 0.2) is 0 Å². The van der Waals surface area contributed by atoms with E-state index in [4.69, 9.17) is 9.84 Å². The predicted octanol–water partition coefficient (Wildman–Crippen LogP) is 3.93. The Morgan fingerprint density at radius 2 is 1.66 bits per heavy atom. The number of fused-ring (bicyclic) bond motifs is 3. The predicted molar refractivity (Wildman–Crippen MR) is 119 cm³/mol. The van der Waals surface area contributed by atoms with E-state index >= 15 is 0 Å². The second-order valence-electron chi connectivity index (χ2n) is 7.59. The number of rotatable bonds is 7. The number of carbonyl (C=O) groups excluding carboxylic acids is 2. The van der Waals surface area contributed by atoms with Gasteiger partial charge in [-0.25, -0.2) is 14.6 Å². The first-order valence-corrected chi connectivity index (χ1v) is 11.1. The van der Waals surface area contributed by atoms with Crippen LogP contribution in [0.15, 0.2) is 54.7 Å². The molecule has 1 aromatic heterocycles. The van der Waals surface area contributed by atoms with Crippen LogP contribution in [0.25, 0.3) is 11.1 Å². The molecule has 3 N–H and O–H groups in total. The number of aromatic carboxylic acids is 1. The molecule has 0 aliphatic heterocycles. The molecule has 182 valence electrons. The van der Waals surface area contributed by atoms with Gasteiger partial charge in [0, 0.05) is 5.92 Å². The fourth-order valence-corrected chi connectivity index (χ4v) is 4.51. The highest BCUT2D eigenvalue weighted by Crippen LogP contribution is 2.44. The van der Waals surface area contributed by atoms with E-state index in [1.807, 2.05) is 53.8 Å². The molecule has 35 heavy (non-hydrogen) atoms. The van der Waals surface area contributed by atoms with Gasteiger partial charge in [0.05, 0.1) is 12.7 Å². The molecule has 12 heteroatoms. The summed E-state index contributed by atoms with van der Waals surface area (Å²) in [6.45, 7) is -0.654. The first-order chi connectivity index (χ1) is 16.6. The summed E-state index contributed by atoms with van der Waals surface area (Å²) >= 11 is 0.708. The molecular weight excluding hydrogens is 487 g/mol. The second-order valence-corrected chi connectivity index (χ2v) is 8.70. The average molecular weight is 505 g/mol. The molecule has 0 saturated heterocycles.